The molecule has 1 radical (unpaired) electrons. The van der Waals surface area contributed by atoms with Crippen LogP contribution in [-0.2, 0) is 42.8 Å². The number of fused-ring (bicyclic) bond motifs is 16. The molecule has 0 atom stereocenters. The first-order chi connectivity index (χ1) is 63.3. The Morgan fingerprint density at radius 3 is 0.589 bits per heavy atom. The molecule has 0 N–H and O–H groups in total. The summed E-state index contributed by atoms with van der Waals surface area (Å²) in [4.78, 5) is 43.4. The number of allylic oxidation sites excluding steroid dienone is 16. The molecule has 0 aliphatic carbocycles. The summed E-state index contributed by atoms with van der Waals surface area (Å²) in [5.41, 5.74) is 10.9. The van der Waals surface area contributed by atoms with Crippen LogP contribution in [0.5, 0.6) is 46.0 Å². The van der Waals surface area contributed by atoms with Gasteiger partial charge in [0.05, 0.1) is 0 Å². The molecule has 675 valence electrons. The number of aryl methyl sites for hydroxylation is 4. The molecule has 0 saturated heterocycles. The number of hydrogen-bond donors (Lipinski definition) is 0. The number of aliphatic imine (C=N–C) groups is 8. The maximum absolute atomic E-state index is 6.85. The Bertz CT molecular complexity index is 5460. The molecular weight excluding hydrogens is 1630 g/mol. The van der Waals surface area contributed by atoms with Crippen LogP contribution in [0.2, 0.25) is 0 Å². The molecule has 13 rings (SSSR count). The second-order valence-corrected chi connectivity index (χ2v) is 34.4. The number of benzene rings is 8. The normalized spacial score (nSPS) is 13.8. The Balaban J connectivity index is 0.0000151. The van der Waals surface area contributed by atoms with Crippen LogP contribution in [0.4, 0.5) is 0 Å². The summed E-state index contributed by atoms with van der Waals surface area (Å²) in [6.07, 6.45) is 83.0. The molecule has 0 unspecified atom stereocenters. The van der Waals surface area contributed by atoms with E-state index in [1.165, 1.54) is 151 Å². The zero-order valence-corrected chi connectivity index (χ0v) is 78.1. The van der Waals surface area contributed by atoms with Gasteiger partial charge < -0.3 is 18.9 Å². The quantitative estimate of drug-likeness (QED) is 0.0213. The van der Waals surface area contributed by atoms with Crippen LogP contribution >= 0.6 is 0 Å². The van der Waals surface area contributed by atoms with E-state index in [1.54, 1.807) is 0 Å². The largest absolute Gasteiger partial charge is 0.457 e. The summed E-state index contributed by atoms with van der Waals surface area (Å²) in [7, 11) is 0. The third kappa shape index (κ3) is 31.6. The van der Waals surface area contributed by atoms with Crippen molar-refractivity contribution in [3.63, 3.8) is 0 Å². The second-order valence-electron chi connectivity index (χ2n) is 34.4. The van der Waals surface area contributed by atoms with Crippen molar-refractivity contribution in [3.8, 4) is 46.0 Å². The van der Waals surface area contributed by atoms with Gasteiger partial charge in [0, 0.05) is 61.6 Å². The van der Waals surface area contributed by atoms with E-state index in [1.807, 2.05) is 97.1 Å². The van der Waals surface area contributed by atoms with Crippen LogP contribution in [0.1, 0.15) is 326 Å². The summed E-state index contributed by atoms with van der Waals surface area (Å²) in [6, 6.07) is 58.2. The molecule has 0 spiro atoms. The van der Waals surface area contributed by atoms with Crippen LogP contribution in [0.3, 0.4) is 0 Å². The van der Waals surface area contributed by atoms with Gasteiger partial charge in [-0.1, -0.05) is 276 Å². The zero-order chi connectivity index (χ0) is 88.0. The average Bonchev–Trinajstić information content (AvgIpc) is 1.60. The zero-order valence-electron chi connectivity index (χ0n) is 77.2. The maximum atomic E-state index is 6.85. The minimum Gasteiger partial charge on any atom is -0.457 e. The van der Waals surface area contributed by atoms with Gasteiger partial charge >= 0.3 is 0 Å². The Morgan fingerprint density at radius 1 is 0.186 bits per heavy atom. The van der Waals surface area contributed by atoms with Gasteiger partial charge in [0.2, 0.25) is 0 Å². The predicted octanol–water partition coefficient (Wildman–Crippen LogP) is 32.7. The van der Waals surface area contributed by atoms with Crippen LogP contribution in [0.25, 0.3) is 0 Å². The van der Waals surface area contributed by atoms with E-state index in [0.29, 0.717) is 69.7 Å². The minimum absolute atomic E-state index is 0. The Labute approximate surface area is 781 Å². The fraction of sp³-hybridized carbons (Fsp3) is 0.379. The molecule has 0 aromatic heterocycles. The van der Waals surface area contributed by atoms with Crippen molar-refractivity contribution < 1.29 is 36.0 Å². The Morgan fingerprint density at radius 2 is 0.372 bits per heavy atom. The molecule has 0 fully saturated rings. The molecule has 0 saturated carbocycles. The first kappa shape index (κ1) is 96.8. The first-order valence-corrected chi connectivity index (χ1v) is 48.9. The maximum Gasteiger partial charge on any atom is 0.164 e. The predicted molar refractivity (Wildman–Crippen MR) is 541 cm³/mol. The van der Waals surface area contributed by atoms with Crippen molar-refractivity contribution in [2.45, 2.75) is 285 Å². The minimum atomic E-state index is 0. The van der Waals surface area contributed by atoms with E-state index in [9.17, 15) is 0 Å². The summed E-state index contributed by atoms with van der Waals surface area (Å²) < 4.78 is 27.4. The van der Waals surface area contributed by atoms with Gasteiger partial charge in [0.15, 0.2) is 46.7 Å². The number of amidine groups is 8. The van der Waals surface area contributed by atoms with Crippen molar-refractivity contribution in [3.05, 3.63) is 334 Å². The average molecular weight is 1770 g/mol. The molecule has 12 nitrogen and oxygen atoms in total. The van der Waals surface area contributed by atoms with Crippen LogP contribution in [-0.4, -0.2) is 46.7 Å². The van der Waals surface area contributed by atoms with Crippen LogP contribution in [0, 0.1) is 0 Å². The second kappa shape index (κ2) is 54.9. The molecule has 0 amide bonds. The Hall–Kier alpha value is -11.2. The summed E-state index contributed by atoms with van der Waals surface area (Å²) in [6.45, 7) is 8.90. The van der Waals surface area contributed by atoms with Crippen molar-refractivity contribution in [1.29, 1.82) is 0 Å². The SMILES string of the molecule is CCC/C=C/C/C=C/CCCCCCCc1cccc(Oc2ccc3c(c2)C2=NC3=NC3=NC(=NC4=NC(=NC5=NC(=N2)c2ccc(Oc6cccc(CCCCCCC/C=C/C/C=C/CCC)c6)cc25)c2cc(Oc5cccc(CCCCCCC/C=C/C/C=C/CCC)c5)ccc24)c2cc(Oc4cccc(CCCCCCC/C=C/C/C=C/CCC)c4)ccc23)c1.[Cu]. The van der Waals surface area contributed by atoms with E-state index in [0.717, 1.165) is 196 Å². The van der Waals surface area contributed by atoms with E-state index in [4.69, 9.17) is 58.9 Å². The van der Waals surface area contributed by atoms with Gasteiger partial charge in [-0.3, -0.25) is 0 Å². The smallest absolute Gasteiger partial charge is 0.164 e. The molecule has 8 bridgehead atoms. The molecule has 5 aliphatic rings. The van der Waals surface area contributed by atoms with Gasteiger partial charge in [-0.2, -0.15) is 0 Å². The van der Waals surface area contributed by atoms with E-state index >= 15 is 0 Å². The summed E-state index contributed by atoms with van der Waals surface area (Å²) in [5.74, 6) is 8.92. The third-order valence-electron chi connectivity index (χ3n) is 23.7. The van der Waals surface area contributed by atoms with Gasteiger partial charge in [-0.15, -0.1) is 0 Å². The molecule has 8 aromatic carbocycles. The number of ether oxygens (including phenoxy) is 4. The van der Waals surface area contributed by atoms with Crippen molar-refractivity contribution in [2.75, 3.05) is 0 Å². The van der Waals surface area contributed by atoms with E-state index in [-0.39, 0.29) is 17.1 Å². The van der Waals surface area contributed by atoms with E-state index in [2.05, 4.69) is 198 Å². The fourth-order valence-corrected chi connectivity index (χ4v) is 16.6. The number of nitrogens with zero attached hydrogens (tertiary/aromatic N) is 8. The van der Waals surface area contributed by atoms with Gasteiger partial charge in [0.25, 0.3) is 0 Å². The van der Waals surface area contributed by atoms with Crippen LogP contribution < -0.4 is 18.9 Å². The summed E-state index contributed by atoms with van der Waals surface area (Å²) >= 11 is 0. The standard InChI is InChI=1S/C116H136N8O4.Cu/c1-5-9-13-17-21-25-29-33-37-41-45-49-53-61-89-65-57-69-93(81-89)125-97-73-77-101-105(85-97)113-118-109(101)117-110-102-78-74-98(126-94-70-58-66-90(82-94)62-54-50-46-42-38-34-30-26-22-18-14-10-6-2)86-106(102)114(119-110)121-112-104-80-76-100(128-96-72-60-68-92(84-96)64-56-52-48-44-40-36-32-28-24-20-16-12-8-4)88-108(104)116(123-112)124-115-107-87-99(75-79-103(107)111(120-113)122-115)127-95-71-59-67-91(83-95)63-55-51-47-43-39-35-31-27-23-19-15-11-7-3;/h13-20,25-32,57-60,65-88H,5-12,21-24,33-56,61-64H2,1-4H3;/b17-13+,18-14+,19-15+,20-16+,29-25+,30-26+,31-27+,32-28+,117-109?,117-110?,120-111?,120-113?,121-112?,121-114?,124-115?,124-116?;. The monoisotopic (exact) mass is 1770 g/mol. The number of unbranched alkanes of at least 4 members (excludes halogenated alkanes) is 24. The van der Waals surface area contributed by atoms with E-state index < -0.39 is 0 Å². The molecular formula is C116H136CuN8O4. The number of rotatable bonds is 56. The van der Waals surface area contributed by atoms with Gasteiger partial charge in [-0.25, -0.2) is 39.9 Å². The Kier molecular flexibility index (Phi) is 41.2. The van der Waals surface area contributed by atoms with Crippen LogP contribution in [0.15, 0.2) is 307 Å². The van der Waals surface area contributed by atoms with Crippen molar-refractivity contribution in [2.24, 2.45) is 39.9 Å². The molecule has 129 heavy (non-hydrogen) atoms. The number of hydrogen-bond acceptors (Lipinski definition) is 12. The topological polar surface area (TPSA) is 136 Å². The molecule has 5 aliphatic heterocycles. The van der Waals surface area contributed by atoms with Gasteiger partial charge in [-0.05, 0) is 298 Å². The fourth-order valence-electron chi connectivity index (χ4n) is 16.6. The molecule has 5 heterocycles. The van der Waals surface area contributed by atoms with Gasteiger partial charge in [0.1, 0.15) is 46.0 Å². The first-order valence-electron chi connectivity index (χ1n) is 48.9. The van der Waals surface area contributed by atoms with Crippen molar-refractivity contribution >= 4 is 46.7 Å². The molecule has 8 aromatic rings. The molecule has 13 heteroatoms. The summed E-state index contributed by atoms with van der Waals surface area (Å²) in [5, 5.41) is 0. The van der Waals surface area contributed by atoms with Crippen molar-refractivity contribution in [1.82, 2.24) is 0 Å². The third-order valence-corrected chi connectivity index (χ3v) is 23.7.